The fraction of sp³-hybridized carbons (Fsp3) is 0.333. The number of rotatable bonds is 4. The molecule has 130 valence electrons. The van der Waals surface area contributed by atoms with E-state index in [1.54, 1.807) is 12.1 Å². The van der Waals surface area contributed by atoms with Crippen LogP contribution in [0.2, 0.25) is 0 Å². The molecule has 2 amide bonds. The summed E-state index contributed by atoms with van der Waals surface area (Å²) in [7, 11) is 0. The average molecular weight is 400 g/mol. The van der Waals surface area contributed by atoms with Crippen LogP contribution in [0.4, 0.5) is 0 Å². The molecule has 1 heterocycles. The van der Waals surface area contributed by atoms with Gasteiger partial charge in [0.25, 0.3) is 0 Å². The summed E-state index contributed by atoms with van der Waals surface area (Å²) in [6.45, 7) is 8.66. The molecule has 1 aliphatic heterocycles. The molecule has 0 saturated carbocycles. The van der Waals surface area contributed by atoms with E-state index in [1.807, 2.05) is 30.3 Å². The van der Waals surface area contributed by atoms with Crippen molar-refractivity contribution in [3.05, 3.63) is 65.7 Å². The molecule has 0 bridgehead atoms. The molecule has 25 heavy (non-hydrogen) atoms. The third kappa shape index (κ3) is 3.42. The van der Waals surface area contributed by atoms with Gasteiger partial charge in [-0.3, -0.25) is 0 Å². The SMILES string of the molecule is C[C@H]([C@@H]([Se]c1ccccc1)N1C(=O)c2ccccc2C1=O)C(C)(C)C. The number of carbonyl (C=O) groups excluding carboxylic acids is 2. The fourth-order valence-electron chi connectivity index (χ4n) is 2.88. The van der Waals surface area contributed by atoms with Crippen LogP contribution in [0, 0.1) is 11.3 Å². The minimum absolute atomic E-state index is 0.00344. The van der Waals surface area contributed by atoms with E-state index in [9.17, 15) is 9.59 Å². The van der Waals surface area contributed by atoms with Gasteiger partial charge in [-0.1, -0.05) is 0 Å². The standard InChI is InChI=1S/C21H23NO2Se/c1-14(21(2,3)4)20(25-15-10-6-5-7-11-15)22-18(23)16-12-8-9-13-17(16)19(22)24/h5-14,20H,1-4H3/t14-,20-/m1/s1. The number of hydrogen-bond donors (Lipinski definition) is 0. The van der Waals surface area contributed by atoms with Crippen molar-refractivity contribution in [1.82, 2.24) is 4.90 Å². The van der Waals surface area contributed by atoms with E-state index >= 15 is 0 Å². The van der Waals surface area contributed by atoms with Crippen molar-refractivity contribution in [3.63, 3.8) is 0 Å². The third-order valence-electron chi connectivity index (χ3n) is 4.87. The van der Waals surface area contributed by atoms with E-state index in [1.165, 1.54) is 9.36 Å². The topological polar surface area (TPSA) is 37.4 Å². The van der Waals surface area contributed by atoms with Crippen LogP contribution in [0.5, 0.6) is 0 Å². The number of benzene rings is 2. The summed E-state index contributed by atoms with van der Waals surface area (Å²) in [5.74, 6) is -0.117. The quantitative estimate of drug-likeness (QED) is 0.583. The van der Waals surface area contributed by atoms with E-state index < -0.39 is 0 Å². The first-order valence-electron chi connectivity index (χ1n) is 8.49. The van der Waals surface area contributed by atoms with Crippen molar-refractivity contribution in [1.29, 1.82) is 0 Å². The zero-order valence-electron chi connectivity index (χ0n) is 15.0. The van der Waals surface area contributed by atoms with Gasteiger partial charge >= 0.3 is 155 Å². The van der Waals surface area contributed by atoms with Crippen molar-refractivity contribution >= 4 is 31.2 Å². The molecular weight excluding hydrogens is 377 g/mol. The molecule has 0 N–H and O–H groups in total. The van der Waals surface area contributed by atoms with Crippen LogP contribution in [-0.2, 0) is 0 Å². The molecule has 0 aliphatic carbocycles. The van der Waals surface area contributed by atoms with Crippen molar-refractivity contribution in [2.75, 3.05) is 0 Å². The van der Waals surface area contributed by atoms with E-state index in [4.69, 9.17) is 0 Å². The number of hydrogen-bond acceptors (Lipinski definition) is 2. The first kappa shape index (κ1) is 17.9. The van der Waals surface area contributed by atoms with E-state index in [0.29, 0.717) is 11.1 Å². The summed E-state index contributed by atoms with van der Waals surface area (Å²) < 4.78 is 1.20. The van der Waals surface area contributed by atoms with Crippen molar-refractivity contribution in [2.45, 2.75) is 32.6 Å². The Kier molecular flexibility index (Phi) is 4.85. The molecule has 2 aromatic rings. The molecule has 2 atom stereocenters. The summed E-state index contributed by atoms with van der Waals surface area (Å²) in [4.78, 5) is 27.4. The zero-order chi connectivity index (χ0) is 18.2. The van der Waals surface area contributed by atoms with Crippen molar-refractivity contribution < 1.29 is 9.59 Å². The van der Waals surface area contributed by atoms with E-state index in [2.05, 4.69) is 39.8 Å². The van der Waals surface area contributed by atoms with E-state index in [-0.39, 0.29) is 43.0 Å². The Morgan fingerprint density at radius 2 is 1.32 bits per heavy atom. The molecule has 0 fully saturated rings. The third-order valence-corrected chi connectivity index (χ3v) is 7.82. The van der Waals surface area contributed by atoms with Crippen LogP contribution in [-0.4, -0.2) is 36.6 Å². The molecule has 0 aromatic heterocycles. The van der Waals surface area contributed by atoms with Crippen LogP contribution >= 0.6 is 0 Å². The number of amides is 2. The van der Waals surface area contributed by atoms with Gasteiger partial charge in [0, 0.05) is 0 Å². The number of nitrogens with zero attached hydrogens (tertiary/aromatic N) is 1. The Morgan fingerprint density at radius 3 is 1.80 bits per heavy atom. The Labute approximate surface area is 155 Å². The molecule has 1 aliphatic rings. The van der Waals surface area contributed by atoms with Gasteiger partial charge in [0.2, 0.25) is 0 Å². The predicted molar refractivity (Wildman–Crippen MR) is 101 cm³/mol. The Bertz CT molecular complexity index is 760. The van der Waals surface area contributed by atoms with Crippen LogP contribution in [0.3, 0.4) is 0 Å². The zero-order valence-corrected chi connectivity index (χ0v) is 16.7. The number of fused-ring (bicyclic) bond motifs is 1. The van der Waals surface area contributed by atoms with Gasteiger partial charge in [0.15, 0.2) is 0 Å². The maximum absolute atomic E-state index is 13.0. The van der Waals surface area contributed by atoms with Crippen LogP contribution < -0.4 is 4.46 Å². The van der Waals surface area contributed by atoms with Crippen LogP contribution in [0.25, 0.3) is 0 Å². The first-order valence-corrected chi connectivity index (χ1v) is 10.3. The van der Waals surface area contributed by atoms with Gasteiger partial charge in [0.05, 0.1) is 0 Å². The normalized spacial score (nSPS) is 16.7. The maximum atomic E-state index is 13.0. The first-order chi connectivity index (χ1) is 11.8. The molecule has 4 heteroatoms. The second kappa shape index (κ2) is 6.78. The molecular formula is C21H23NO2Se. The van der Waals surface area contributed by atoms with Gasteiger partial charge in [-0.2, -0.15) is 0 Å². The van der Waals surface area contributed by atoms with E-state index in [0.717, 1.165) is 0 Å². The Hall–Kier alpha value is -1.90. The average Bonchev–Trinajstić information content (AvgIpc) is 2.84. The summed E-state index contributed by atoms with van der Waals surface area (Å²) in [5.41, 5.74) is 1.06. The van der Waals surface area contributed by atoms with Gasteiger partial charge in [-0.05, 0) is 0 Å². The van der Waals surface area contributed by atoms with Crippen molar-refractivity contribution in [3.8, 4) is 0 Å². The van der Waals surface area contributed by atoms with Gasteiger partial charge in [-0.15, -0.1) is 0 Å². The van der Waals surface area contributed by atoms with Crippen LogP contribution in [0.15, 0.2) is 54.6 Å². The molecule has 0 spiro atoms. The minimum atomic E-state index is -0.153. The Balaban J connectivity index is 2.00. The number of imide groups is 1. The fourth-order valence-corrected chi connectivity index (χ4v) is 6.04. The Morgan fingerprint density at radius 1 is 0.840 bits per heavy atom. The summed E-state index contributed by atoms with van der Waals surface area (Å²) >= 11 is -0.0126. The monoisotopic (exact) mass is 401 g/mol. The second-order valence-corrected chi connectivity index (χ2v) is 10.00. The summed E-state index contributed by atoms with van der Waals surface area (Å²) in [6, 6.07) is 17.3. The van der Waals surface area contributed by atoms with Gasteiger partial charge in [0.1, 0.15) is 0 Å². The molecule has 0 unspecified atom stereocenters. The second-order valence-electron chi connectivity index (χ2n) is 7.50. The van der Waals surface area contributed by atoms with Gasteiger partial charge in [-0.25, -0.2) is 0 Å². The molecule has 3 nitrogen and oxygen atoms in total. The molecule has 2 aromatic carbocycles. The number of carbonyl (C=O) groups is 2. The molecule has 0 radical (unpaired) electrons. The summed E-state index contributed by atoms with van der Waals surface area (Å²) in [6.07, 6.45) is 0. The predicted octanol–water partition coefficient (Wildman–Crippen LogP) is 3.32. The molecule has 3 rings (SSSR count). The van der Waals surface area contributed by atoms with Crippen LogP contribution in [0.1, 0.15) is 48.4 Å². The summed E-state index contributed by atoms with van der Waals surface area (Å²) in [5, 5.41) is 0. The molecule has 0 saturated heterocycles. The van der Waals surface area contributed by atoms with Gasteiger partial charge < -0.3 is 0 Å². The van der Waals surface area contributed by atoms with Crippen molar-refractivity contribution in [2.24, 2.45) is 11.3 Å².